The van der Waals surface area contributed by atoms with Crippen LogP contribution in [-0.2, 0) is 20.7 Å². The Morgan fingerprint density at radius 2 is 1.60 bits per heavy atom. The molecule has 0 spiro atoms. The number of nitrogens with zero attached hydrogens (tertiary/aromatic N) is 1. The summed E-state index contributed by atoms with van der Waals surface area (Å²) in [5.41, 5.74) is 1.86. The summed E-state index contributed by atoms with van der Waals surface area (Å²) in [6.07, 6.45) is 1.89. The number of hydrogen-bond acceptors (Lipinski definition) is 5. The fourth-order valence-corrected chi connectivity index (χ4v) is 5.63. The molecule has 0 saturated heterocycles. The van der Waals surface area contributed by atoms with Crippen LogP contribution in [0.25, 0.3) is 10.8 Å². The summed E-state index contributed by atoms with van der Waals surface area (Å²) < 4.78 is 5.54. The highest BCUT2D eigenvalue weighted by atomic mass is 16.6. The molecule has 8 nitrogen and oxygen atoms in total. The lowest BCUT2D eigenvalue weighted by Crippen LogP contribution is -2.57. The van der Waals surface area contributed by atoms with E-state index in [-0.39, 0.29) is 30.0 Å². The molecule has 3 amide bonds. The number of carbonyl (C=O) groups excluding carboxylic acids is 3. The number of rotatable bonds is 9. The molecule has 4 aromatic carbocycles. The number of nitrogens with one attached hydrogen (secondary N) is 2. The topological polar surface area (TPSA) is 108 Å². The monoisotopic (exact) mass is 607 g/mol. The molecule has 5 rings (SSSR count). The van der Waals surface area contributed by atoms with Gasteiger partial charge in [-0.2, -0.15) is 0 Å². The van der Waals surface area contributed by atoms with E-state index in [2.05, 4.69) is 10.6 Å². The van der Waals surface area contributed by atoms with Crippen molar-refractivity contribution in [2.45, 2.75) is 77.1 Å². The standard InChI is InChI=1S/C37H41N3O5/c1-24-21-28(18-20-32(24)41)33(34(42)38-29-19-17-26-13-8-9-14-27(26)23-29)40(30-15-10-16-30)35(43)31(22-25-11-6-5-7-12-25)39-36(44)45-37(2,3)4/h5-9,11-14,17-21,23,30-31,33,41H,10,15-16,22H2,1-4H3,(H,38,42)(H,39,44). The average Bonchev–Trinajstić information content (AvgIpc) is 2.96. The van der Waals surface area contributed by atoms with Gasteiger partial charge in [0.15, 0.2) is 0 Å². The van der Waals surface area contributed by atoms with Crippen LogP contribution in [0.1, 0.15) is 62.8 Å². The van der Waals surface area contributed by atoms with E-state index in [1.54, 1.807) is 50.8 Å². The fraction of sp³-hybridized carbons (Fsp3) is 0.324. The molecule has 4 aromatic rings. The minimum absolute atomic E-state index is 0.0995. The highest BCUT2D eigenvalue weighted by Gasteiger charge is 2.42. The van der Waals surface area contributed by atoms with Crippen LogP contribution in [0.2, 0.25) is 0 Å². The normalized spacial score (nSPS) is 14.6. The van der Waals surface area contributed by atoms with Crippen molar-refractivity contribution < 1.29 is 24.2 Å². The van der Waals surface area contributed by atoms with Gasteiger partial charge in [0.1, 0.15) is 23.4 Å². The SMILES string of the molecule is Cc1cc(C(C(=O)Nc2ccc3ccccc3c2)N(C(=O)C(Cc2ccccc2)NC(=O)OC(C)(C)C)C2CCC2)ccc1O. The maximum atomic E-state index is 14.7. The first-order valence-corrected chi connectivity index (χ1v) is 15.4. The quantitative estimate of drug-likeness (QED) is 0.189. The molecular weight excluding hydrogens is 566 g/mol. The summed E-state index contributed by atoms with van der Waals surface area (Å²) in [5.74, 6) is -0.660. The first-order valence-electron chi connectivity index (χ1n) is 15.4. The molecule has 1 fully saturated rings. The van der Waals surface area contributed by atoms with E-state index in [9.17, 15) is 19.5 Å². The molecule has 2 unspecified atom stereocenters. The van der Waals surface area contributed by atoms with Gasteiger partial charge in [-0.25, -0.2) is 4.79 Å². The van der Waals surface area contributed by atoms with Crippen LogP contribution in [0, 0.1) is 6.92 Å². The van der Waals surface area contributed by atoms with Crippen LogP contribution >= 0.6 is 0 Å². The zero-order valence-electron chi connectivity index (χ0n) is 26.2. The molecule has 0 aromatic heterocycles. The van der Waals surface area contributed by atoms with Crippen molar-refractivity contribution >= 4 is 34.4 Å². The van der Waals surface area contributed by atoms with Gasteiger partial charge in [0.2, 0.25) is 5.91 Å². The largest absolute Gasteiger partial charge is 0.508 e. The summed E-state index contributed by atoms with van der Waals surface area (Å²) in [6.45, 7) is 7.06. The number of phenolic OH excluding ortho intramolecular Hbond substituents is 1. The molecular formula is C37H41N3O5. The second-order valence-electron chi connectivity index (χ2n) is 12.7. The van der Waals surface area contributed by atoms with Gasteiger partial charge in [-0.3, -0.25) is 9.59 Å². The van der Waals surface area contributed by atoms with Crippen molar-refractivity contribution in [2.75, 3.05) is 5.32 Å². The predicted molar refractivity (Wildman–Crippen MR) is 176 cm³/mol. The van der Waals surface area contributed by atoms with Gasteiger partial charge in [0.25, 0.3) is 5.91 Å². The smallest absolute Gasteiger partial charge is 0.408 e. The molecule has 0 aliphatic heterocycles. The Kier molecular flexibility index (Phi) is 9.42. The Bertz CT molecular complexity index is 1680. The lowest BCUT2D eigenvalue weighted by molar-refractivity contribution is -0.145. The van der Waals surface area contributed by atoms with E-state index in [0.717, 1.165) is 35.6 Å². The Balaban J connectivity index is 1.54. The number of anilines is 1. The first kappa shape index (κ1) is 31.6. The molecule has 8 heteroatoms. The highest BCUT2D eigenvalue weighted by Crippen LogP contribution is 2.36. The van der Waals surface area contributed by atoms with Gasteiger partial charge in [-0.15, -0.1) is 0 Å². The van der Waals surface area contributed by atoms with Crippen molar-refractivity contribution in [3.8, 4) is 5.75 Å². The lowest BCUT2D eigenvalue weighted by atomic mass is 9.87. The summed E-state index contributed by atoms with van der Waals surface area (Å²) in [6, 6.07) is 25.8. The van der Waals surface area contributed by atoms with Gasteiger partial charge in [-0.05, 0) is 98.7 Å². The number of phenols is 1. The zero-order valence-corrected chi connectivity index (χ0v) is 26.2. The second kappa shape index (κ2) is 13.4. The first-order chi connectivity index (χ1) is 21.5. The molecule has 3 N–H and O–H groups in total. The minimum Gasteiger partial charge on any atom is -0.508 e. The van der Waals surface area contributed by atoms with Crippen LogP contribution in [0.4, 0.5) is 10.5 Å². The Morgan fingerprint density at radius 1 is 0.911 bits per heavy atom. The summed E-state index contributed by atoms with van der Waals surface area (Å²) in [7, 11) is 0. The Hall–Kier alpha value is -4.85. The number of aryl methyl sites for hydroxylation is 1. The number of benzene rings is 4. The minimum atomic E-state index is -1.02. The van der Waals surface area contributed by atoms with E-state index < -0.39 is 23.8 Å². The van der Waals surface area contributed by atoms with Crippen molar-refractivity contribution in [2.24, 2.45) is 0 Å². The third kappa shape index (κ3) is 7.81. The van der Waals surface area contributed by atoms with E-state index >= 15 is 0 Å². The van der Waals surface area contributed by atoms with Crippen LogP contribution in [0.5, 0.6) is 5.75 Å². The molecule has 1 aliphatic rings. The summed E-state index contributed by atoms with van der Waals surface area (Å²) in [4.78, 5) is 43.7. The van der Waals surface area contributed by atoms with Crippen molar-refractivity contribution in [1.29, 1.82) is 0 Å². The number of fused-ring (bicyclic) bond motifs is 1. The zero-order chi connectivity index (χ0) is 32.1. The van der Waals surface area contributed by atoms with E-state index in [1.165, 1.54) is 0 Å². The third-order valence-electron chi connectivity index (χ3n) is 8.07. The fourth-order valence-electron chi connectivity index (χ4n) is 5.63. The molecule has 1 aliphatic carbocycles. The average molecular weight is 608 g/mol. The van der Waals surface area contributed by atoms with E-state index in [4.69, 9.17) is 4.74 Å². The van der Waals surface area contributed by atoms with Gasteiger partial charge >= 0.3 is 6.09 Å². The van der Waals surface area contributed by atoms with Crippen LogP contribution < -0.4 is 10.6 Å². The van der Waals surface area contributed by atoms with E-state index in [0.29, 0.717) is 16.8 Å². The number of hydrogen-bond donors (Lipinski definition) is 3. The van der Waals surface area contributed by atoms with Gasteiger partial charge < -0.3 is 25.4 Å². The summed E-state index contributed by atoms with van der Waals surface area (Å²) >= 11 is 0. The van der Waals surface area contributed by atoms with Gasteiger partial charge in [-0.1, -0.05) is 66.7 Å². The number of aromatic hydroxyl groups is 1. The molecule has 2 atom stereocenters. The number of alkyl carbamates (subject to hydrolysis) is 1. The van der Waals surface area contributed by atoms with Crippen LogP contribution in [-0.4, -0.2) is 45.6 Å². The molecule has 234 valence electrons. The molecule has 0 heterocycles. The molecule has 1 saturated carbocycles. The Labute approximate surface area is 264 Å². The predicted octanol–water partition coefficient (Wildman–Crippen LogP) is 7.05. The maximum absolute atomic E-state index is 14.7. The van der Waals surface area contributed by atoms with Crippen LogP contribution in [0.3, 0.4) is 0 Å². The van der Waals surface area contributed by atoms with Gasteiger partial charge in [0, 0.05) is 18.2 Å². The lowest BCUT2D eigenvalue weighted by Gasteiger charge is -2.43. The van der Waals surface area contributed by atoms with Crippen molar-refractivity contribution in [3.63, 3.8) is 0 Å². The van der Waals surface area contributed by atoms with E-state index in [1.807, 2.05) is 72.8 Å². The molecule has 45 heavy (non-hydrogen) atoms. The van der Waals surface area contributed by atoms with Gasteiger partial charge in [0.05, 0.1) is 0 Å². The highest BCUT2D eigenvalue weighted by molar-refractivity contribution is 6.00. The number of ether oxygens (including phenoxy) is 1. The van der Waals surface area contributed by atoms with Crippen molar-refractivity contribution in [3.05, 3.63) is 108 Å². The maximum Gasteiger partial charge on any atom is 0.408 e. The van der Waals surface area contributed by atoms with Crippen LogP contribution in [0.15, 0.2) is 91.0 Å². The molecule has 0 radical (unpaired) electrons. The second-order valence-corrected chi connectivity index (χ2v) is 12.7. The summed E-state index contributed by atoms with van der Waals surface area (Å²) in [5, 5.41) is 18.2. The third-order valence-corrected chi connectivity index (χ3v) is 8.07. The Morgan fingerprint density at radius 3 is 2.24 bits per heavy atom. The van der Waals surface area contributed by atoms with Crippen molar-refractivity contribution in [1.82, 2.24) is 10.2 Å². The number of carbonyl (C=O) groups is 3. The molecule has 0 bridgehead atoms. The number of amides is 3.